The zero-order valence-electron chi connectivity index (χ0n) is 11.6. The Balaban J connectivity index is 2.43. The molecule has 3 aromatic rings. The van der Waals surface area contributed by atoms with Crippen LogP contribution in [-0.4, -0.2) is 9.55 Å². The van der Waals surface area contributed by atoms with E-state index in [1.165, 1.54) is 16.7 Å². The predicted molar refractivity (Wildman–Crippen MR) is 84.2 cm³/mol. The van der Waals surface area contributed by atoms with Crippen molar-refractivity contribution < 1.29 is 4.39 Å². The lowest BCUT2D eigenvalue weighted by atomic mass is 10.1. The van der Waals surface area contributed by atoms with Crippen LogP contribution in [0, 0.1) is 24.4 Å². The summed E-state index contributed by atoms with van der Waals surface area (Å²) < 4.78 is 15.0. The van der Waals surface area contributed by atoms with Crippen LogP contribution in [0.15, 0.2) is 41.2 Å². The lowest BCUT2D eigenvalue weighted by Gasteiger charge is -2.11. The normalized spacial score (nSPS) is 11.0. The molecular weight excluding hydrogens is 287 g/mol. The van der Waals surface area contributed by atoms with Gasteiger partial charge in [-0.1, -0.05) is 11.6 Å². The third kappa shape index (κ3) is 2.29. The molecule has 0 saturated carbocycles. The molecule has 0 radical (unpaired) electrons. The zero-order chi connectivity index (χ0) is 15.1. The van der Waals surface area contributed by atoms with Gasteiger partial charge in [-0.05, 0) is 62.0 Å². The number of H-pyrrole nitrogens is 1. The predicted octanol–water partition coefficient (Wildman–Crippen LogP) is 3.80. The monoisotopic (exact) mass is 300 g/mol. The van der Waals surface area contributed by atoms with Crippen molar-refractivity contribution in [2.45, 2.75) is 13.8 Å². The van der Waals surface area contributed by atoms with Gasteiger partial charge in [-0.2, -0.15) is 0 Å². The second-order valence-electron chi connectivity index (χ2n) is 5.05. The van der Waals surface area contributed by atoms with Gasteiger partial charge in [0.05, 0.1) is 16.6 Å². The van der Waals surface area contributed by atoms with E-state index in [1.54, 1.807) is 13.0 Å². The van der Waals surface area contributed by atoms with Crippen molar-refractivity contribution in [3.63, 3.8) is 0 Å². The van der Waals surface area contributed by atoms with Crippen LogP contribution in [0.2, 0.25) is 0 Å². The molecule has 0 spiro atoms. The van der Waals surface area contributed by atoms with Gasteiger partial charge < -0.3 is 4.98 Å². The molecule has 0 aliphatic heterocycles. The second-order valence-corrected chi connectivity index (χ2v) is 5.44. The SMILES string of the molecule is Cc1ccc2[nH]c(=S)n(-c3ccc(F)cc3C)c(=O)c2c1. The van der Waals surface area contributed by atoms with Crippen LogP contribution < -0.4 is 5.56 Å². The van der Waals surface area contributed by atoms with Crippen molar-refractivity contribution in [3.05, 3.63) is 68.5 Å². The van der Waals surface area contributed by atoms with Crippen LogP contribution in [0.25, 0.3) is 16.6 Å². The summed E-state index contributed by atoms with van der Waals surface area (Å²) in [7, 11) is 0. The van der Waals surface area contributed by atoms with E-state index < -0.39 is 0 Å². The average Bonchev–Trinajstić information content (AvgIpc) is 2.42. The number of halogens is 1. The highest BCUT2D eigenvalue weighted by Crippen LogP contribution is 2.16. The largest absolute Gasteiger partial charge is 0.331 e. The average molecular weight is 300 g/mol. The lowest BCUT2D eigenvalue weighted by molar-refractivity contribution is 0.626. The maximum Gasteiger partial charge on any atom is 0.266 e. The minimum atomic E-state index is -0.337. The number of rotatable bonds is 1. The minimum absolute atomic E-state index is 0.202. The molecule has 5 heteroatoms. The summed E-state index contributed by atoms with van der Waals surface area (Å²) in [6.45, 7) is 3.67. The van der Waals surface area contributed by atoms with E-state index in [1.807, 2.05) is 25.1 Å². The van der Waals surface area contributed by atoms with Gasteiger partial charge in [0.2, 0.25) is 0 Å². The van der Waals surface area contributed by atoms with Gasteiger partial charge in [0.15, 0.2) is 4.77 Å². The third-order valence-corrected chi connectivity index (χ3v) is 3.74. The molecule has 0 atom stereocenters. The van der Waals surface area contributed by atoms with E-state index in [0.717, 1.165) is 5.56 Å². The molecule has 0 aliphatic rings. The highest BCUT2D eigenvalue weighted by molar-refractivity contribution is 7.71. The first-order valence-corrected chi connectivity index (χ1v) is 6.90. The number of aromatic amines is 1. The summed E-state index contributed by atoms with van der Waals surface area (Å²) in [5.74, 6) is -0.337. The van der Waals surface area contributed by atoms with Crippen molar-refractivity contribution >= 4 is 23.1 Å². The number of fused-ring (bicyclic) bond motifs is 1. The molecule has 1 heterocycles. The Hall–Kier alpha value is -2.27. The number of hydrogen-bond donors (Lipinski definition) is 1. The fourth-order valence-corrected chi connectivity index (χ4v) is 2.71. The Labute approximate surface area is 125 Å². The quantitative estimate of drug-likeness (QED) is 0.694. The number of hydrogen-bond acceptors (Lipinski definition) is 2. The van der Waals surface area contributed by atoms with E-state index in [9.17, 15) is 9.18 Å². The summed E-state index contributed by atoms with van der Waals surface area (Å²) in [5.41, 5.74) is 2.74. The molecule has 106 valence electrons. The molecule has 3 nitrogen and oxygen atoms in total. The van der Waals surface area contributed by atoms with Crippen molar-refractivity contribution in [2.75, 3.05) is 0 Å². The summed E-state index contributed by atoms with van der Waals surface area (Å²) in [4.78, 5) is 15.8. The molecule has 0 unspecified atom stereocenters. The van der Waals surface area contributed by atoms with E-state index in [2.05, 4.69) is 4.98 Å². The van der Waals surface area contributed by atoms with Gasteiger partial charge in [0.1, 0.15) is 5.82 Å². The fourth-order valence-electron chi connectivity index (χ4n) is 2.42. The zero-order valence-corrected chi connectivity index (χ0v) is 12.4. The summed E-state index contributed by atoms with van der Waals surface area (Å²) >= 11 is 5.29. The van der Waals surface area contributed by atoms with Gasteiger partial charge in [0, 0.05) is 0 Å². The fraction of sp³-hybridized carbons (Fsp3) is 0.125. The van der Waals surface area contributed by atoms with Crippen molar-refractivity contribution in [2.24, 2.45) is 0 Å². The number of nitrogens with zero attached hydrogens (tertiary/aromatic N) is 1. The molecular formula is C16H13FN2OS. The highest BCUT2D eigenvalue weighted by Gasteiger charge is 2.10. The van der Waals surface area contributed by atoms with Gasteiger partial charge in [-0.25, -0.2) is 4.39 Å². The van der Waals surface area contributed by atoms with Gasteiger partial charge in [-0.15, -0.1) is 0 Å². The molecule has 21 heavy (non-hydrogen) atoms. The molecule has 1 N–H and O–H groups in total. The molecule has 0 amide bonds. The Morgan fingerprint density at radius 2 is 1.90 bits per heavy atom. The van der Waals surface area contributed by atoms with E-state index in [4.69, 9.17) is 12.2 Å². The second kappa shape index (κ2) is 4.93. The van der Waals surface area contributed by atoms with E-state index in [0.29, 0.717) is 26.9 Å². The lowest BCUT2D eigenvalue weighted by Crippen LogP contribution is -2.21. The summed E-state index contributed by atoms with van der Waals surface area (Å²) in [6, 6.07) is 9.85. The maximum absolute atomic E-state index is 13.2. The highest BCUT2D eigenvalue weighted by atomic mass is 32.1. The van der Waals surface area contributed by atoms with Crippen LogP contribution >= 0.6 is 12.2 Å². The molecule has 2 aromatic carbocycles. The van der Waals surface area contributed by atoms with Gasteiger partial charge in [-0.3, -0.25) is 9.36 Å². The number of aryl methyl sites for hydroxylation is 2. The van der Waals surface area contributed by atoms with Crippen LogP contribution in [0.3, 0.4) is 0 Å². The number of aromatic nitrogens is 2. The Kier molecular flexibility index (Phi) is 3.22. The van der Waals surface area contributed by atoms with Crippen molar-refractivity contribution in [1.29, 1.82) is 0 Å². The molecule has 0 saturated heterocycles. The van der Waals surface area contributed by atoms with Gasteiger partial charge in [0.25, 0.3) is 5.56 Å². The number of nitrogens with one attached hydrogen (secondary N) is 1. The van der Waals surface area contributed by atoms with E-state index in [-0.39, 0.29) is 11.4 Å². The maximum atomic E-state index is 13.2. The molecule has 0 bridgehead atoms. The molecule has 1 aromatic heterocycles. The number of benzene rings is 2. The minimum Gasteiger partial charge on any atom is -0.331 e. The van der Waals surface area contributed by atoms with E-state index >= 15 is 0 Å². The first-order valence-electron chi connectivity index (χ1n) is 6.49. The summed E-state index contributed by atoms with van der Waals surface area (Å²) in [5, 5.41) is 0.562. The smallest absolute Gasteiger partial charge is 0.266 e. The summed E-state index contributed by atoms with van der Waals surface area (Å²) in [6.07, 6.45) is 0. The molecule has 0 aliphatic carbocycles. The van der Waals surface area contributed by atoms with Crippen molar-refractivity contribution in [1.82, 2.24) is 9.55 Å². The van der Waals surface area contributed by atoms with Crippen molar-refractivity contribution in [3.8, 4) is 5.69 Å². The van der Waals surface area contributed by atoms with Gasteiger partial charge >= 0.3 is 0 Å². The topological polar surface area (TPSA) is 37.8 Å². The Morgan fingerprint density at radius 3 is 2.62 bits per heavy atom. The Morgan fingerprint density at radius 1 is 1.14 bits per heavy atom. The van der Waals surface area contributed by atoms with Crippen LogP contribution in [0.5, 0.6) is 0 Å². The first-order chi connectivity index (χ1) is 9.97. The van der Waals surface area contributed by atoms with Crippen LogP contribution in [-0.2, 0) is 0 Å². The molecule has 3 rings (SSSR count). The third-order valence-electron chi connectivity index (χ3n) is 3.45. The molecule has 0 fully saturated rings. The first kappa shape index (κ1) is 13.7. The van der Waals surface area contributed by atoms with Crippen LogP contribution in [0.1, 0.15) is 11.1 Å². The Bertz CT molecular complexity index is 972. The van der Waals surface area contributed by atoms with Crippen LogP contribution in [0.4, 0.5) is 4.39 Å². The standard InChI is InChI=1S/C16H13FN2OS/c1-9-3-5-13-12(7-9)15(20)19(16(21)18-13)14-6-4-11(17)8-10(14)2/h3-8H,1-2H3,(H,18,21).